The number of benzene rings is 1. The second kappa shape index (κ2) is 5.10. The summed E-state index contributed by atoms with van der Waals surface area (Å²) in [6, 6.07) is 3.14. The highest BCUT2D eigenvalue weighted by Gasteiger charge is 2.09. The van der Waals surface area contributed by atoms with Crippen LogP contribution in [0.5, 0.6) is 5.75 Å². The van der Waals surface area contributed by atoms with Crippen molar-refractivity contribution < 1.29 is 19.8 Å². The molecule has 1 rings (SSSR count). The molecular weight excluding hydrogens is 426 g/mol. The molecule has 0 fully saturated rings. The second-order valence-corrected chi connectivity index (χ2v) is 5.12. The number of hydrogen-bond acceptors (Lipinski definition) is 4. The minimum absolute atomic E-state index is 0.140. The van der Waals surface area contributed by atoms with Crippen molar-refractivity contribution in [3.63, 3.8) is 0 Å². The van der Waals surface area contributed by atoms with E-state index in [1.54, 1.807) is 12.1 Å². The van der Waals surface area contributed by atoms with E-state index in [9.17, 15) is 19.8 Å². The standard InChI is InChI=1S/C9H6I2O4/c10-5-1-4(2-6(11)8(5)13)3-7(12)9(14)15/h1-2,13H,3H2,(H,14,15)/p-1. The molecule has 0 spiro atoms. The maximum atomic E-state index is 10.9. The Labute approximate surface area is 113 Å². The molecule has 0 saturated heterocycles. The fourth-order valence-corrected chi connectivity index (χ4v) is 2.87. The molecule has 1 aromatic carbocycles. The molecule has 6 heteroatoms. The maximum Gasteiger partial charge on any atom is 0.182 e. The number of carbonyl (C=O) groups excluding carboxylic acids is 2. The van der Waals surface area contributed by atoms with Gasteiger partial charge in [-0.25, -0.2) is 0 Å². The zero-order valence-corrected chi connectivity index (χ0v) is 11.6. The van der Waals surface area contributed by atoms with Gasteiger partial charge in [-0.3, -0.25) is 4.79 Å². The number of aromatic hydroxyl groups is 1. The quantitative estimate of drug-likeness (QED) is 0.558. The number of phenols is 1. The number of aliphatic carboxylic acids is 1. The minimum atomic E-state index is -1.69. The van der Waals surface area contributed by atoms with Crippen LogP contribution in [0.15, 0.2) is 12.1 Å². The third kappa shape index (κ3) is 3.30. The first kappa shape index (κ1) is 12.7. The maximum absolute atomic E-state index is 10.9. The van der Waals surface area contributed by atoms with Crippen molar-refractivity contribution in [2.75, 3.05) is 0 Å². The number of hydrogen-bond donors (Lipinski definition) is 1. The van der Waals surface area contributed by atoms with Gasteiger partial charge in [0.05, 0.1) is 7.14 Å². The van der Waals surface area contributed by atoms with Crippen LogP contribution in [0.4, 0.5) is 0 Å². The molecule has 80 valence electrons. The van der Waals surface area contributed by atoms with Gasteiger partial charge in [-0.1, -0.05) is 0 Å². The van der Waals surface area contributed by atoms with Gasteiger partial charge in [0.25, 0.3) is 0 Å². The number of halogens is 2. The Morgan fingerprint density at radius 1 is 1.27 bits per heavy atom. The summed E-state index contributed by atoms with van der Waals surface area (Å²) in [6.45, 7) is 0. The molecule has 0 radical (unpaired) electrons. The van der Waals surface area contributed by atoms with Crippen LogP contribution in [0.1, 0.15) is 5.56 Å². The molecule has 0 heterocycles. The van der Waals surface area contributed by atoms with Gasteiger partial charge < -0.3 is 15.0 Å². The number of ketones is 1. The predicted molar refractivity (Wildman–Crippen MR) is 67.3 cm³/mol. The first-order chi connectivity index (χ1) is 6.91. The van der Waals surface area contributed by atoms with Gasteiger partial charge in [-0.05, 0) is 62.9 Å². The van der Waals surface area contributed by atoms with Crippen LogP contribution >= 0.6 is 45.2 Å². The average Bonchev–Trinajstić information content (AvgIpc) is 2.13. The Hall–Kier alpha value is -0.380. The van der Waals surface area contributed by atoms with E-state index in [4.69, 9.17) is 0 Å². The molecule has 1 N–H and O–H groups in total. The van der Waals surface area contributed by atoms with E-state index < -0.39 is 11.8 Å². The normalized spacial score (nSPS) is 10.0. The van der Waals surface area contributed by atoms with Gasteiger partial charge >= 0.3 is 0 Å². The van der Waals surface area contributed by atoms with E-state index in [1.807, 2.05) is 45.2 Å². The van der Waals surface area contributed by atoms with Crippen LogP contribution in [0.25, 0.3) is 0 Å². The van der Waals surface area contributed by atoms with E-state index >= 15 is 0 Å². The van der Waals surface area contributed by atoms with Gasteiger partial charge in [-0.15, -0.1) is 0 Å². The molecular formula is C9H5I2O4-. The van der Waals surface area contributed by atoms with Gasteiger partial charge in [0.2, 0.25) is 0 Å². The van der Waals surface area contributed by atoms with E-state index in [-0.39, 0.29) is 12.2 Å². The summed E-state index contributed by atoms with van der Waals surface area (Å²) in [6.07, 6.45) is -0.214. The number of Topliss-reactive ketones (excluding diaryl/α,β-unsaturated/α-hetero) is 1. The largest absolute Gasteiger partial charge is 0.542 e. The molecule has 0 amide bonds. The van der Waals surface area contributed by atoms with Crippen molar-refractivity contribution in [2.24, 2.45) is 0 Å². The summed E-state index contributed by atoms with van der Waals surface area (Å²) < 4.78 is 1.17. The summed E-state index contributed by atoms with van der Waals surface area (Å²) in [5.74, 6) is -2.51. The fourth-order valence-electron chi connectivity index (χ4n) is 0.978. The number of phenolic OH excluding ortho intramolecular Hbond substituents is 1. The number of carboxylic acid groups (broad SMARTS) is 1. The summed E-state index contributed by atoms with van der Waals surface area (Å²) in [5, 5.41) is 19.7. The van der Waals surface area contributed by atoms with E-state index in [1.165, 1.54) is 0 Å². The van der Waals surface area contributed by atoms with Crippen LogP contribution in [-0.4, -0.2) is 16.9 Å². The van der Waals surface area contributed by atoms with E-state index in [2.05, 4.69) is 0 Å². The molecule has 1 aromatic rings. The van der Waals surface area contributed by atoms with Gasteiger partial charge in [-0.2, -0.15) is 0 Å². The van der Waals surface area contributed by atoms with E-state index in [0.29, 0.717) is 12.7 Å². The van der Waals surface area contributed by atoms with Crippen LogP contribution in [0, 0.1) is 7.14 Å². The first-order valence-corrected chi connectivity index (χ1v) is 5.98. The molecule has 0 saturated carbocycles. The third-order valence-electron chi connectivity index (χ3n) is 1.67. The SMILES string of the molecule is O=C([O-])C(=O)Cc1cc(I)c(O)c(I)c1. The number of rotatable bonds is 3. The average molecular weight is 431 g/mol. The predicted octanol–water partition coefficient (Wildman–Crippen LogP) is 0.463. The Balaban J connectivity index is 2.98. The molecule has 15 heavy (non-hydrogen) atoms. The van der Waals surface area contributed by atoms with Crippen molar-refractivity contribution in [1.82, 2.24) is 0 Å². The lowest BCUT2D eigenvalue weighted by atomic mass is 10.1. The number of carboxylic acids is 1. The second-order valence-electron chi connectivity index (χ2n) is 2.80. The highest BCUT2D eigenvalue weighted by molar-refractivity contribution is 14.1. The van der Waals surface area contributed by atoms with Crippen molar-refractivity contribution in [3.8, 4) is 5.75 Å². The first-order valence-electron chi connectivity index (χ1n) is 3.83. The summed E-state index contributed by atoms with van der Waals surface area (Å²) in [4.78, 5) is 21.1. The van der Waals surface area contributed by atoms with Gasteiger partial charge in [0, 0.05) is 6.42 Å². The van der Waals surface area contributed by atoms with Gasteiger partial charge in [0.1, 0.15) is 11.7 Å². The highest BCUT2D eigenvalue weighted by atomic mass is 127. The molecule has 0 bridgehead atoms. The van der Waals surface area contributed by atoms with Crippen molar-refractivity contribution in [2.45, 2.75) is 6.42 Å². The molecule has 0 atom stereocenters. The van der Waals surface area contributed by atoms with Gasteiger partial charge in [0.15, 0.2) is 5.78 Å². The van der Waals surface area contributed by atoms with Crippen LogP contribution in [-0.2, 0) is 16.0 Å². The molecule has 4 nitrogen and oxygen atoms in total. The summed E-state index contributed by atoms with van der Waals surface area (Å²) >= 11 is 3.82. The Bertz CT molecular complexity index is 405. The molecule has 0 aliphatic heterocycles. The monoisotopic (exact) mass is 431 g/mol. The smallest absolute Gasteiger partial charge is 0.182 e. The molecule has 0 aromatic heterocycles. The van der Waals surface area contributed by atoms with Crippen molar-refractivity contribution in [3.05, 3.63) is 24.8 Å². The fraction of sp³-hybridized carbons (Fsp3) is 0.111. The lowest BCUT2D eigenvalue weighted by molar-refractivity contribution is -0.299. The highest BCUT2D eigenvalue weighted by Crippen LogP contribution is 2.27. The third-order valence-corrected chi connectivity index (χ3v) is 3.31. The molecule has 0 aliphatic carbocycles. The summed E-state index contributed by atoms with van der Waals surface area (Å²) in [5.41, 5.74) is 0.552. The topological polar surface area (TPSA) is 77.4 Å². The lowest BCUT2D eigenvalue weighted by Gasteiger charge is -2.05. The van der Waals surface area contributed by atoms with Crippen molar-refractivity contribution >= 4 is 56.9 Å². The van der Waals surface area contributed by atoms with E-state index in [0.717, 1.165) is 0 Å². The van der Waals surface area contributed by atoms with Crippen LogP contribution in [0.3, 0.4) is 0 Å². The molecule has 0 aliphatic rings. The van der Waals surface area contributed by atoms with Crippen LogP contribution in [0.2, 0.25) is 0 Å². The lowest BCUT2D eigenvalue weighted by Crippen LogP contribution is -2.32. The minimum Gasteiger partial charge on any atom is -0.542 e. The Morgan fingerprint density at radius 2 is 1.73 bits per heavy atom. The number of carbonyl (C=O) groups is 2. The van der Waals surface area contributed by atoms with Crippen molar-refractivity contribution in [1.29, 1.82) is 0 Å². The van der Waals surface area contributed by atoms with Crippen LogP contribution < -0.4 is 5.11 Å². The zero-order chi connectivity index (χ0) is 11.6. The summed E-state index contributed by atoms with van der Waals surface area (Å²) in [7, 11) is 0. The molecule has 0 unspecified atom stereocenters. The Morgan fingerprint density at radius 3 is 2.13 bits per heavy atom. The zero-order valence-electron chi connectivity index (χ0n) is 7.29. The Kier molecular flexibility index (Phi) is 4.32.